The summed E-state index contributed by atoms with van der Waals surface area (Å²) >= 11 is 8.41. The Kier molecular flexibility index (Phi) is 7.14. The van der Waals surface area contributed by atoms with E-state index in [9.17, 15) is 4.79 Å². The molecule has 2 rings (SSSR count). The molecular formula is C16H14Br2N2O2S. The summed E-state index contributed by atoms with van der Waals surface area (Å²) in [6.07, 6.45) is 3.62. The van der Waals surface area contributed by atoms with Crippen molar-refractivity contribution in [3.8, 4) is 5.75 Å². The second-order valence-corrected chi connectivity index (χ2v) is 7.08. The Morgan fingerprint density at radius 2 is 2.00 bits per heavy atom. The number of benzene rings is 2. The van der Waals surface area contributed by atoms with E-state index in [2.05, 4.69) is 42.4 Å². The maximum atomic E-state index is 11.7. The third-order valence-electron chi connectivity index (χ3n) is 2.77. The molecule has 7 heteroatoms. The molecule has 2 aromatic carbocycles. The zero-order valence-corrected chi connectivity index (χ0v) is 16.2. The second-order valence-electron chi connectivity index (χ2n) is 4.43. The largest absolute Gasteiger partial charge is 0.483 e. The van der Waals surface area contributed by atoms with Gasteiger partial charge in [-0.3, -0.25) is 4.79 Å². The normalized spacial score (nSPS) is 10.7. The van der Waals surface area contributed by atoms with Crippen LogP contribution in [0.5, 0.6) is 5.75 Å². The van der Waals surface area contributed by atoms with Gasteiger partial charge in [0.15, 0.2) is 6.61 Å². The summed E-state index contributed by atoms with van der Waals surface area (Å²) in [5, 5.41) is 3.92. The van der Waals surface area contributed by atoms with Crippen LogP contribution in [0.25, 0.3) is 0 Å². The van der Waals surface area contributed by atoms with Gasteiger partial charge in [0.1, 0.15) is 5.75 Å². The summed E-state index contributed by atoms with van der Waals surface area (Å²) in [6.45, 7) is -0.108. The van der Waals surface area contributed by atoms with E-state index >= 15 is 0 Å². The zero-order valence-electron chi connectivity index (χ0n) is 12.3. The van der Waals surface area contributed by atoms with Gasteiger partial charge in [0.2, 0.25) is 0 Å². The molecule has 0 aliphatic carbocycles. The van der Waals surface area contributed by atoms with Crippen LogP contribution < -0.4 is 10.2 Å². The molecule has 1 N–H and O–H groups in total. The molecule has 2 aromatic rings. The van der Waals surface area contributed by atoms with E-state index in [1.807, 2.05) is 42.7 Å². The van der Waals surface area contributed by atoms with Gasteiger partial charge in [-0.2, -0.15) is 5.10 Å². The number of nitrogens with one attached hydrogen (secondary N) is 1. The number of hydrogen-bond donors (Lipinski definition) is 1. The first-order valence-corrected chi connectivity index (χ1v) is 9.43. The molecule has 0 bridgehead atoms. The van der Waals surface area contributed by atoms with Gasteiger partial charge in [0, 0.05) is 9.37 Å². The Morgan fingerprint density at radius 1 is 1.26 bits per heavy atom. The van der Waals surface area contributed by atoms with Gasteiger partial charge in [-0.05, 0) is 58.1 Å². The highest BCUT2D eigenvalue weighted by atomic mass is 79.9. The lowest BCUT2D eigenvalue weighted by atomic mass is 10.2. The Balaban J connectivity index is 1.81. The van der Waals surface area contributed by atoms with Crippen molar-refractivity contribution in [3.05, 3.63) is 57.0 Å². The van der Waals surface area contributed by atoms with Crippen LogP contribution in [0.15, 0.2) is 61.4 Å². The van der Waals surface area contributed by atoms with E-state index in [1.54, 1.807) is 24.0 Å². The number of carbonyl (C=O) groups excluding carboxylic acids is 1. The molecule has 0 radical (unpaired) electrons. The number of hydrogen-bond acceptors (Lipinski definition) is 4. The smallest absolute Gasteiger partial charge is 0.277 e. The lowest BCUT2D eigenvalue weighted by molar-refractivity contribution is -0.123. The lowest BCUT2D eigenvalue weighted by Crippen LogP contribution is -2.24. The molecular weight excluding hydrogens is 444 g/mol. The number of nitrogens with zero attached hydrogens (tertiary/aromatic N) is 1. The van der Waals surface area contributed by atoms with E-state index in [4.69, 9.17) is 4.74 Å². The van der Waals surface area contributed by atoms with Crippen LogP contribution >= 0.6 is 43.6 Å². The van der Waals surface area contributed by atoms with Gasteiger partial charge >= 0.3 is 0 Å². The molecule has 1 amide bonds. The highest BCUT2D eigenvalue weighted by Crippen LogP contribution is 2.28. The minimum atomic E-state index is -0.322. The van der Waals surface area contributed by atoms with Crippen molar-refractivity contribution >= 4 is 55.7 Å². The van der Waals surface area contributed by atoms with Crippen molar-refractivity contribution in [2.45, 2.75) is 4.90 Å². The number of ether oxygens (including phenoxy) is 1. The van der Waals surface area contributed by atoms with E-state index in [0.29, 0.717) is 5.75 Å². The fourth-order valence-electron chi connectivity index (χ4n) is 1.64. The molecule has 4 nitrogen and oxygen atoms in total. The van der Waals surface area contributed by atoms with E-state index in [0.717, 1.165) is 14.5 Å². The minimum absolute atomic E-state index is 0.108. The molecule has 0 aliphatic heterocycles. The first-order valence-electron chi connectivity index (χ1n) is 6.62. The van der Waals surface area contributed by atoms with Crippen molar-refractivity contribution in [2.75, 3.05) is 12.9 Å². The Labute approximate surface area is 155 Å². The first kappa shape index (κ1) is 18.0. The van der Waals surface area contributed by atoms with Crippen LogP contribution in [-0.2, 0) is 4.79 Å². The fourth-order valence-corrected chi connectivity index (χ4v) is 3.21. The predicted molar refractivity (Wildman–Crippen MR) is 101 cm³/mol. The van der Waals surface area contributed by atoms with E-state index in [1.165, 1.54) is 4.90 Å². The predicted octanol–water partition coefficient (Wildman–Crippen LogP) is 4.46. The van der Waals surface area contributed by atoms with Gasteiger partial charge in [0.25, 0.3) is 5.91 Å². The van der Waals surface area contributed by atoms with E-state index in [-0.39, 0.29) is 12.5 Å². The van der Waals surface area contributed by atoms with E-state index < -0.39 is 0 Å². The molecule has 23 heavy (non-hydrogen) atoms. The maximum Gasteiger partial charge on any atom is 0.277 e. The number of halogens is 2. The number of rotatable bonds is 6. The second kappa shape index (κ2) is 9.10. The number of amides is 1. The van der Waals surface area contributed by atoms with Crippen molar-refractivity contribution in [2.24, 2.45) is 5.10 Å². The quantitative estimate of drug-likeness (QED) is 0.395. The summed E-state index contributed by atoms with van der Waals surface area (Å²) in [5.41, 5.74) is 3.35. The lowest BCUT2D eigenvalue weighted by Gasteiger charge is -2.07. The number of thioether (sulfide) groups is 1. The van der Waals surface area contributed by atoms with Gasteiger partial charge in [-0.1, -0.05) is 28.1 Å². The maximum absolute atomic E-state index is 11.7. The highest BCUT2D eigenvalue weighted by Gasteiger charge is 2.05. The Morgan fingerprint density at radius 3 is 2.65 bits per heavy atom. The van der Waals surface area contributed by atoms with Crippen molar-refractivity contribution in [3.63, 3.8) is 0 Å². The van der Waals surface area contributed by atoms with Crippen LogP contribution in [0.3, 0.4) is 0 Å². The molecule has 0 heterocycles. The molecule has 0 spiro atoms. The average Bonchev–Trinajstić information content (AvgIpc) is 2.54. The van der Waals surface area contributed by atoms with Crippen LogP contribution in [-0.4, -0.2) is 25.0 Å². The van der Waals surface area contributed by atoms with Crippen LogP contribution in [0.4, 0.5) is 0 Å². The molecule has 0 aliphatic rings. The van der Waals surface area contributed by atoms with Crippen LogP contribution in [0.1, 0.15) is 5.56 Å². The molecule has 120 valence electrons. The minimum Gasteiger partial charge on any atom is -0.483 e. The van der Waals surface area contributed by atoms with Gasteiger partial charge in [0.05, 0.1) is 10.7 Å². The molecule has 0 unspecified atom stereocenters. The number of hydrazone groups is 1. The zero-order chi connectivity index (χ0) is 16.7. The topological polar surface area (TPSA) is 50.7 Å². The monoisotopic (exact) mass is 456 g/mol. The van der Waals surface area contributed by atoms with Gasteiger partial charge in [-0.15, -0.1) is 11.8 Å². The molecule has 0 atom stereocenters. The standard InChI is InChI=1S/C16H14Br2N2O2S/c1-23-13-5-2-11(3-6-13)9-19-20-16(21)10-22-15-7-4-12(17)8-14(15)18/h2-9H,10H2,1H3,(H,20,21)/b19-9+. The molecule has 0 aromatic heterocycles. The average molecular weight is 458 g/mol. The van der Waals surface area contributed by atoms with Crippen molar-refractivity contribution in [1.82, 2.24) is 5.43 Å². The van der Waals surface area contributed by atoms with Crippen molar-refractivity contribution < 1.29 is 9.53 Å². The highest BCUT2D eigenvalue weighted by molar-refractivity contribution is 9.11. The summed E-state index contributed by atoms with van der Waals surface area (Å²) in [7, 11) is 0. The summed E-state index contributed by atoms with van der Waals surface area (Å²) in [5.74, 6) is 0.275. The van der Waals surface area contributed by atoms with Crippen LogP contribution in [0.2, 0.25) is 0 Å². The third kappa shape index (κ3) is 6.01. The Hall–Kier alpha value is -1.31. The summed E-state index contributed by atoms with van der Waals surface area (Å²) in [6, 6.07) is 13.4. The van der Waals surface area contributed by atoms with Crippen LogP contribution in [0, 0.1) is 0 Å². The molecule has 0 saturated carbocycles. The molecule has 0 fully saturated rings. The SMILES string of the molecule is CSc1ccc(/C=N/NC(=O)COc2ccc(Br)cc2Br)cc1. The fraction of sp³-hybridized carbons (Fsp3) is 0.125. The number of carbonyl (C=O) groups is 1. The summed E-state index contributed by atoms with van der Waals surface area (Å²) in [4.78, 5) is 12.9. The first-order chi connectivity index (χ1) is 11.1. The summed E-state index contributed by atoms with van der Waals surface area (Å²) < 4.78 is 7.13. The van der Waals surface area contributed by atoms with Gasteiger partial charge < -0.3 is 4.74 Å². The van der Waals surface area contributed by atoms with Gasteiger partial charge in [-0.25, -0.2) is 5.43 Å². The molecule has 0 saturated heterocycles. The van der Waals surface area contributed by atoms with Crippen molar-refractivity contribution in [1.29, 1.82) is 0 Å². The third-order valence-corrected chi connectivity index (χ3v) is 4.63. The Bertz CT molecular complexity index is 706.